The third-order valence-corrected chi connectivity index (χ3v) is 8.49. The maximum absolute atomic E-state index is 14.3. The van der Waals surface area contributed by atoms with Gasteiger partial charge < -0.3 is 15.4 Å². The molecule has 9 heteroatoms. The van der Waals surface area contributed by atoms with E-state index in [1.165, 1.54) is 12.1 Å². The molecule has 3 unspecified atom stereocenters. The summed E-state index contributed by atoms with van der Waals surface area (Å²) in [7, 11) is 0. The van der Waals surface area contributed by atoms with Crippen LogP contribution in [0.4, 0.5) is 10.5 Å². The molecule has 0 bridgehead atoms. The highest BCUT2D eigenvalue weighted by Crippen LogP contribution is 2.45. The summed E-state index contributed by atoms with van der Waals surface area (Å²) in [6.45, 7) is 1.99. The van der Waals surface area contributed by atoms with Gasteiger partial charge in [0.2, 0.25) is 0 Å². The fraction of sp³-hybridized carbons (Fsp3) is 0.143. The molecule has 3 N–H and O–H groups in total. The molecule has 0 saturated carbocycles. The van der Waals surface area contributed by atoms with E-state index >= 15 is 0 Å². The molecule has 9 nitrogen and oxygen atoms in total. The molecule has 5 aromatic rings. The van der Waals surface area contributed by atoms with Crippen LogP contribution in [0.25, 0.3) is 10.9 Å². The number of carboxylic acid groups (broad SMARTS) is 1. The smallest absolute Gasteiger partial charge is 0.332 e. The lowest BCUT2D eigenvalue weighted by molar-refractivity contribution is -0.139. The monoisotopic (exact) mass is 584 g/mol. The molecule has 2 aliphatic rings. The van der Waals surface area contributed by atoms with Crippen LogP contribution in [0.2, 0.25) is 0 Å². The first-order valence-corrected chi connectivity index (χ1v) is 14.3. The van der Waals surface area contributed by atoms with E-state index in [2.05, 4.69) is 10.3 Å². The number of para-hydroxylation sites is 2. The van der Waals surface area contributed by atoms with Crippen LogP contribution in [0.15, 0.2) is 103 Å². The number of carbonyl (C=O) groups is 4. The van der Waals surface area contributed by atoms with Gasteiger partial charge in [0, 0.05) is 23.0 Å². The van der Waals surface area contributed by atoms with Gasteiger partial charge in [-0.15, -0.1) is 0 Å². The van der Waals surface area contributed by atoms with Crippen LogP contribution in [0.1, 0.15) is 50.4 Å². The number of imide groups is 1. The highest BCUT2D eigenvalue weighted by molar-refractivity contribution is 6.24. The van der Waals surface area contributed by atoms with E-state index in [0.717, 1.165) is 38.2 Å². The van der Waals surface area contributed by atoms with Crippen LogP contribution in [-0.2, 0) is 16.0 Å². The van der Waals surface area contributed by atoms with Gasteiger partial charge in [0.05, 0.1) is 11.3 Å². The molecular formula is C35H28N4O5. The molecule has 1 fully saturated rings. The Bertz CT molecular complexity index is 1950. The average Bonchev–Trinajstić information content (AvgIpc) is 3.53. The van der Waals surface area contributed by atoms with Crippen LogP contribution in [0.5, 0.6) is 0 Å². The van der Waals surface area contributed by atoms with Gasteiger partial charge in [-0.1, -0.05) is 90.5 Å². The highest BCUT2D eigenvalue weighted by atomic mass is 16.4. The molecule has 218 valence electrons. The van der Waals surface area contributed by atoms with E-state index in [1.54, 1.807) is 47.4 Å². The molecular weight excluding hydrogens is 556 g/mol. The topological polar surface area (TPSA) is 123 Å². The maximum atomic E-state index is 14.3. The molecule has 1 aromatic heterocycles. The Hall–Kier alpha value is -5.70. The van der Waals surface area contributed by atoms with E-state index in [9.17, 15) is 24.3 Å². The van der Waals surface area contributed by atoms with Crippen LogP contribution in [0.3, 0.4) is 0 Å². The number of aryl methyl sites for hydroxylation is 1. The molecule has 4 aromatic carbocycles. The molecule has 4 amide bonds. The van der Waals surface area contributed by atoms with Gasteiger partial charge in [0.15, 0.2) is 6.04 Å². The average molecular weight is 585 g/mol. The van der Waals surface area contributed by atoms with Gasteiger partial charge in [0.25, 0.3) is 11.8 Å². The first-order chi connectivity index (χ1) is 21.3. The number of carbonyl (C=O) groups excluding carboxylic acids is 3. The summed E-state index contributed by atoms with van der Waals surface area (Å²) in [5, 5.41) is 13.4. The predicted octanol–water partition coefficient (Wildman–Crippen LogP) is 5.51. The predicted molar refractivity (Wildman–Crippen MR) is 164 cm³/mol. The van der Waals surface area contributed by atoms with Crippen molar-refractivity contribution in [2.24, 2.45) is 0 Å². The SMILES string of the molecule is Cc1ccc(C2c3[nH]c4ccccc4c3CC3C(=O)N(c4ccccc4C(=O)NC(C(=O)O)c4ccccc4)C(=O)N32)cc1. The Morgan fingerprint density at radius 1 is 0.886 bits per heavy atom. The summed E-state index contributed by atoms with van der Waals surface area (Å²) in [6.07, 6.45) is 0.312. The van der Waals surface area contributed by atoms with Crippen molar-refractivity contribution in [2.75, 3.05) is 4.90 Å². The second-order valence-corrected chi connectivity index (χ2v) is 11.1. The number of aromatic amines is 1. The van der Waals surface area contributed by atoms with Crippen molar-refractivity contribution in [3.05, 3.63) is 137 Å². The molecule has 0 radical (unpaired) electrons. The third-order valence-electron chi connectivity index (χ3n) is 8.49. The zero-order valence-corrected chi connectivity index (χ0v) is 23.7. The van der Waals surface area contributed by atoms with Crippen molar-refractivity contribution in [3.8, 4) is 0 Å². The molecule has 44 heavy (non-hydrogen) atoms. The van der Waals surface area contributed by atoms with Crippen LogP contribution >= 0.6 is 0 Å². The second kappa shape index (κ2) is 10.5. The second-order valence-electron chi connectivity index (χ2n) is 11.1. The fourth-order valence-corrected chi connectivity index (χ4v) is 6.39. The highest BCUT2D eigenvalue weighted by Gasteiger charge is 2.53. The van der Waals surface area contributed by atoms with Crippen molar-refractivity contribution >= 4 is 40.4 Å². The number of hydrogen-bond donors (Lipinski definition) is 3. The summed E-state index contributed by atoms with van der Waals surface area (Å²) in [4.78, 5) is 60.4. The van der Waals surface area contributed by atoms with Gasteiger partial charge in [-0.3, -0.25) is 14.5 Å². The molecule has 3 heterocycles. The molecule has 2 aliphatic heterocycles. The number of aromatic nitrogens is 1. The van der Waals surface area contributed by atoms with Crippen molar-refractivity contribution in [1.82, 2.24) is 15.2 Å². The minimum Gasteiger partial charge on any atom is -0.479 e. The lowest BCUT2D eigenvalue weighted by atomic mass is 9.88. The Morgan fingerprint density at radius 2 is 1.57 bits per heavy atom. The largest absolute Gasteiger partial charge is 0.479 e. The number of amides is 4. The Morgan fingerprint density at radius 3 is 2.32 bits per heavy atom. The minimum atomic E-state index is -1.32. The first kappa shape index (κ1) is 27.2. The number of nitrogens with one attached hydrogen (secondary N) is 2. The molecule has 7 rings (SSSR count). The van der Waals surface area contributed by atoms with Gasteiger partial charge in [0.1, 0.15) is 12.1 Å². The number of benzene rings is 4. The molecule has 0 spiro atoms. The normalized spacial score (nSPS) is 18.2. The Labute approximate surface area is 252 Å². The van der Waals surface area contributed by atoms with E-state index in [-0.39, 0.29) is 11.3 Å². The number of anilines is 1. The first-order valence-electron chi connectivity index (χ1n) is 14.3. The maximum Gasteiger partial charge on any atom is 0.332 e. The number of aliphatic carboxylic acids is 1. The van der Waals surface area contributed by atoms with Gasteiger partial charge in [-0.2, -0.15) is 0 Å². The summed E-state index contributed by atoms with van der Waals surface area (Å²) < 4.78 is 0. The van der Waals surface area contributed by atoms with Gasteiger partial charge >= 0.3 is 12.0 Å². The summed E-state index contributed by atoms with van der Waals surface area (Å²) >= 11 is 0. The lowest BCUT2D eigenvalue weighted by Gasteiger charge is -2.36. The van der Waals surface area contributed by atoms with Crippen molar-refractivity contribution in [1.29, 1.82) is 0 Å². The number of fused-ring (bicyclic) bond motifs is 4. The number of H-pyrrole nitrogens is 1. The zero-order chi connectivity index (χ0) is 30.5. The number of hydrogen-bond acceptors (Lipinski definition) is 4. The fourth-order valence-electron chi connectivity index (χ4n) is 6.39. The summed E-state index contributed by atoms with van der Waals surface area (Å²) in [6, 6.07) is 27.2. The van der Waals surface area contributed by atoms with E-state index in [0.29, 0.717) is 12.0 Å². The Balaban J connectivity index is 1.29. The van der Waals surface area contributed by atoms with Crippen LogP contribution < -0.4 is 10.2 Å². The molecule has 1 saturated heterocycles. The summed E-state index contributed by atoms with van der Waals surface area (Å²) in [5.74, 6) is -2.39. The third kappa shape index (κ3) is 4.32. The number of rotatable bonds is 6. The van der Waals surface area contributed by atoms with Crippen molar-refractivity contribution in [3.63, 3.8) is 0 Å². The number of carboxylic acids is 1. The van der Waals surface area contributed by atoms with E-state index in [1.807, 2.05) is 55.5 Å². The van der Waals surface area contributed by atoms with Crippen molar-refractivity contribution in [2.45, 2.75) is 31.5 Å². The summed E-state index contributed by atoms with van der Waals surface area (Å²) in [5.41, 5.74) is 5.20. The van der Waals surface area contributed by atoms with Gasteiger partial charge in [-0.25, -0.2) is 14.5 Å². The van der Waals surface area contributed by atoms with Crippen LogP contribution in [-0.4, -0.2) is 44.8 Å². The number of urea groups is 1. The molecule has 3 atom stereocenters. The lowest BCUT2D eigenvalue weighted by Crippen LogP contribution is -2.44. The quantitative estimate of drug-likeness (QED) is 0.227. The van der Waals surface area contributed by atoms with Crippen LogP contribution in [0, 0.1) is 6.92 Å². The van der Waals surface area contributed by atoms with E-state index < -0.39 is 41.9 Å². The number of nitrogens with zero attached hydrogens (tertiary/aromatic N) is 2. The standard InChI is InChI=1S/C35H28N4O5/c1-20-15-17-22(18-16-20)31-30-25(23-11-5-7-13-26(23)36-30)19-28-33(41)39(35(44)38(28)31)27-14-8-6-12-24(27)32(40)37-29(34(42)43)21-9-3-2-4-10-21/h2-18,28-29,31,36H,19H2,1H3,(H,37,40)(H,42,43). The Kier molecular flexibility index (Phi) is 6.50. The van der Waals surface area contributed by atoms with Crippen molar-refractivity contribution < 1.29 is 24.3 Å². The van der Waals surface area contributed by atoms with E-state index in [4.69, 9.17) is 0 Å². The zero-order valence-electron chi connectivity index (χ0n) is 23.7. The minimum absolute atomic E-state index is 0.0204. The molecule has 0 aliphatic carbocycles. The van der Waals surface area contributed by atoms with Gasteiger partial charge in [-0.05, 0) is 41.8 Å².